The molecule has 0 bridgehead atoms. The molecule has 0 radical (unpaired) electrons. The highest BCUT2D eigenvalue weighted by atomic mass is 16.5. The van der Waals surface area contributed by atoms with Gasteiger partial charge in [-0.25, -0.2) is 0 Å². The molecular weight excluding hydrogens is 304 g/mol. The Morgan fingerprint density at radius 2 is 2.00 bits per heavy atom. The van der Waals surface area contributed by atoms with E-state index in [9.17, 15) is 9.59 Å². The van der Waals surface area contributed by atoms with Gasteiger partial charge in [-0.15, -0.1) is 0 Å². The lowest BCUT2D eigenvalue weighted by molar-refractivity contribution is -0.125. The molecule has 1 aliphatic carbocycles. The Morgan fingerprint density at radius 3 is 2.75 bits per heavy atom. The minimum atomic E-state index is -0.0449. The zero-order valence-corrected chi connectivity index (χ0v) is 14.5. The van der Waals surface area contributed by atoms with Crippen LogP contribution in [0.25, 0.3) is 0 Å². The van der Waals surface area contributed by atoms with Crippen LogP contribution >= 0.6 is 0 Å². The molecule has 0 unspecified atom stereocenters. The third-order valence-electron chi connectivity index (χ3n) is 4.76. The summed E-state index contributed by atoms with van der Waals surface area (Å²) in [5, 5.41) is 3.04. The first-order chi connectivity index (χ1) is 11.5. The number of amides is 2. The number of carbonyl (C=O) groups is 2. The molecule has 0 aromatic heterocycles. The van der Waals surface area contributed by atoms with E-state index in [-0.39, 0.29) is 30.8 Å². The molecule has 1 fully saturated rings. The van der Waals surface area contributed by atoms with Gasteiger partial charge in [0.05, 0.1) is 12.2 Å². The summed E-state index contributed by atoms with van der Waals surface area (Å²) < 4.78 is 5.81. The van der Waals surface area contributed by atoms with Gasteiger partial charge in [0, 0.05) is 18.9 Å². The fraction of sp³-hybridized carbons (Fsp3) is 0.579. The smallest absolute Gasteiger partial charge is 0.227 e. The molecule has 24 heavy (non-hydrogen) atoms. The molecule has 1 aliphatic heterocycles. The summed E-state index contributed by atoms with van der Waals surface area (Å²) in [6, 6.07) is 6.17. The number of rotatable bonds is 4. The molecule has 130 valence electrons. The summed E-state index contributed by atoms with van der Waals surface area (Å²) in [6.07, 6.45) is 4.94. The highest BCUT2D eigenvalue weighted by Gasteiger charge is 2.28. The molecule has 5 heteroatoms. The van der Waals surface area contributed by atoms with E-state index in [1.165, 1.54) is 12.8 Å². The molecule has 3 rings (SSSR count). The first-order valence-electron chi connectivity index (χ1n) is 8.90. The quantitative estimate of drug-likeness (QED) is 0.923. The molecule has 2 amide bonds. The van der Waals surface area contributed by atoms with Crippen LogP contribution in [0.1, 0.15) is 51.0 Å². The van der Waals surface area contributed by atoms with Crippen molar-refractivity contribution in [2.75, 3.05) is 11.4 Å². The minimum absolute atomic E-state index is 0.0129. The van der Waals surface area contributed by atoms with E-state index in [1.54, 1.807) is 4.90 Å². The van der Waals surface area contributed by atoms with Gasteiger partial charge in [-0.05, 0) is 44.4 Å². The Morgan fingerprint density at radius 1 is 1.25 bits per heavy atom. The monoisotopic (exact) mass is 330 g/mol. The SMILES string of the molecule is Cc1ccc2c(c1)N(C(=O)CCC(=O)NC1CCCC1)C[C@H](C)O2. The van der Waals surface area contributed by atoms with Crippen molar-refractivity contribution in [1.82, 2.24) is 5.32 Å². The Kier molecular flexibility index (Phi) is 5.07. The van der Waals surface area contributed by atoms with Gasteiger partial charge in [0.25, 0.3) is 0 Å². The first kappa shape index (κ1) is 16.8. The van der Waals surface area contributed by atoms with Gasteiger partial charge >= 0.3 is 0 Å². The van der Waals surface area contributed by atoms with E-state index in [4.69, 9.17) is 4.74 Å². The number of fused-ring (bicyclic) bond motifs is 1. The van der Waals surface area contributed by atoms with Crippen LogP contribution in [-0.2, 0) is 9.59 Å². The van der Waals surface area contributed by atoms with Crippen molar-refractivity contribution in [3.63, 3.8) is 0 Å². The molecule has 0 saturated heterocycles. The summed E-state index contributed by atoms with van der Waals surface area (Å²) in [5.41, 5.74) is 1.90. The third kappa shape index (κ3) is 3.89. The number of carbonyl (C=O) groups excluding carboxylic acids is 2. The standard InChI is InChI=1S/C19H26N2O3/c1-13-7-8-17-16(11-13)21(12-14(2)24-17)19(23)10-9-18(22)20-15-5-3-4-6-15/h7-8,11,14-15H,3-6,9-10,12H2,1-2H3,(H,20,22)/t14-/m0/s1. The van der Waals surface area contributed by atoms with E-state index in [1.807, 2.05) is 32.0 Å². The van der Waals surface area contributed by atoms with Gasteiger partial charge < -0.3 is 15.0 Å². The maximum atomic E-state index is 12.6. The van der Waals surface area contributed by atoms with E-state index in [2.05, 4.69) is 5.32 Å². The molecule has 1 aromatic rings. The van der Waals surface area contributed by atoms with Crippen LogP contribution in [0.5, 0.6) is 5.75 Å². The molecular formula is C19H26N2O3. The van der Waals surface area contributed by atoms with Gasteiger partial charge in [-0.3, -0.25) is 9.59 Å². The Balaban J connectivity index is 1.60. The van der Waals surface area contributed by atoms with Crippen LogP contribution < -0.4 is 15.0 Å². The number of anilines is 1. The summed E-state index contributed by atoms with van der Waals surface area (Å²) in [4.78, 5) is 26.5. The maximum absolute atomic E-state index is 12.6. The fourth-order valence-electron chi connectivity index (χ4n) is 3.51. The minimum Gasteiger partial charge on any atom is -0.487 e. The van der Waals surface area contributed by atoms with Crippen molar-refractivity contribution < 1.29 is 14.3 Å². The summed E-state index contributed by atoms with van der Waals surface area (Å²) in [5.74, 6) is 0.711. The second-order valence-electron chi connectivity index (χ2n) is 6.95. The molecule has 0 spiro atoms. The van der Waals surface area contributed by atoms with Gasteiger partial charge in [-0.1, -0.05) is 18.9 Å². The first-order valence-corrected chi connectivity index (χ1v) is 8.90. The van der Waals surface area contributed by atoms with Gasteiger partial charge in [-0.2, -0.15) is 0 Å². The summed E-state index contributed by atoms with van der Waals surface area (Å²) in [6.45, 7) is 4.48. The van der Waals surface area contributed by atoms with Crippen LogP contribution in [0.2, 0.25) is 0 Å². The van der Waals surface area contributed by atoms with E-state index in [0.29, 0.717) is 12.6 Å². The zero-order chi connectivity index (χ0) is 17.1. The molecule has 1 heterocycles. The summed E-state index contributed by atoms with van der Waals surface area (Å²) in [7, 11) is 0. The largest absolute Gasteiger partial charge is 0.487 e. The lowest BCUT2D eigenvalue weighted by Crippen LogP contribution is -2.43. The number of benzene rings is 1. The average molecular weight is 330 g/mol. The van der Waals surface area contributed by atoms with Crippen molar-refractivity contribution in [3.05, 3.63) is 23.8 Å². The number of hydrogen-bond acceptors (Lipinski definition) is 3. The normalized spacial score (nSPS) is 20.4. The number of nitrogens with zero attached hydrogens (tertiary/aromatic N) is 1. The van der Waals surface area contributed by atoms with Crippen molar-refractivity contribution in [2.24, 2.45) is 0 Å². The molecule has 5 nitrogen and oxygen atoms in total. The van der Waals surface area contributed by atoms with Gasteiger partial charge in [0.2, 0.25) is 11.8 Å². The van der Waals surface area contributed by atoms with E-state index >= 15 is 0 Å². The number of nitrogens with one attached hydrogen (secondary N) is 1. The molecule has 1 atom stereocenters. The topological polar surface area (TPSA) is 58.6 Å². The predicted octanol–water partition coefficient (Wildman–Crippen LogP) is 2.95. The summed E-state index contributed by atoms with van der Waals surface area (Å²) >= 11 is 0. The van der Waals surface area contributed by atoms with Crippen LogP contribution in [0.4, 0.5) is 5.69 Å². The Hall–Kier alpha value is -2.04. The Labute approximate surface area is 143 Å². The van der Waals surface area contributed by atoms with Crippen molar-refractivity contribution in [1.29, 1.82) is 0 Å². The second-order valence-corrected chi connectivity index (χ2v) is 6.95. The van der Waals surface area contributed by atoms with Crippen LogP contribution in [0.3, 0.4) is 0 Å². The molecule has 1 aromatic carbocycles. The maximum Gasteiger partial charge on any atom is 0.227 e. The van der Waals surface area contributed by atoms with Crippen molar-refractivity contribution in [2.45, 2.75) is 64.5 Å². The Bertz CT molecular complexity index is 623. The van der Waals surface area contributed by atoms with Gasteiger partial charge in [0.1, 0.15) is 11.9 Å². The second kappa shape index (κ2) is 7.24. The molecule has 2 aliphatic rings. The zero-order valence-electron chi connectivity index (χ0n) is 14.5. The number of hydrogen-bond donors (Lipinski definition) is 1. The van der Waals surface area contributed by atoms with E-state index < -0.39 is 0 Å². The van der Waals surface area contributed by atoms with E-state index in [0.717, 1.165) is 29.8 Å². The van der Waals surface area contributed by atoms with Crippen LogP contribution in [-0.4, -0.2) is 30.5 Å². The van der Waals surface area contributed by atoms with Crippen LogP contribution in [0.15, 0.2) is 18.2 Å². The van der Waals surface area contributed by atoms with Crippen LogP contribution in [0, 0.1) is 6.92 Å². The highest BCUT2D eigenvalue weighted by molar-refractivity contribution is 5.97. The third-order valence-corrected chi connectivity index (χ3v) is 4.76. The average Bonchev–Trinajstić information content (AvgIpc) is 3.05. The number of aryl methyl sites for hydroxylation is 1. The number of ether oxygens (including phenoxy) is 1. The van der Waals surface area contributed by atoms with Gasteiger partial charge in [0.15, 0.2) is 0 Å². The lowest BCUT2D eigenvalue weighted by Gasteiger charge is -2.33. The molecule has 1 N–H and O–H groups in total. The fourth-order valence-corrected chi connectivity index (χ4v) is 3.51. The lowest BCUT2D eigenvalue weighted by atomic mass is 10.1. The highest BCUT2D eigenvalue weighted by Crippen LogP contribution is 2.34. The molecule has 1 saturated carbocycles. The predicted molar refractivity (Wildman–Crippen MR) is 93.3 cm³/mol. The van der Waals surface area contributed by atoms with Crippen molar-refractivity contribution in [3.8, 4) is 5.75 Å². The van der Waals surface area contributed by atoms with Crippen molar-refractivity contribution >= 4 is 17.5 Å².